The molecule has 3 aliphatic heterocycles. The van der Waals surface area contributed by atoms with Gasteiger partial charge in [0, 0.05) is 26.4 Å². The highest BCUT2D eigenvalue weighted by atomic mass is 16.5. The van der Waals surface area contributed by atoms with E-state index in [1.165, 1.54) is 0 Å². The molecule has 9 nitrogen and oxygen atoms in total. The van der Waals surface area contributed by atoms with Crippen LogP contribution < -0.4 is 16.0 Å². The fourth-order valence-electron chi connectivity index (χ4n) is 4.61. The number of anilines is 1. The molecule has 0 aromatic carbocycles. The van der Waals surface area contributed by atoms with Gasteiger partial charge in [-0.05, 0) is 43.4 Å². The van der Waals surface area contributed by atoms with Crippen molar-refractivity contribution in [3.63, 3.8) is 0 Å². The topological polar surface area (TPSA) is 98.8 Å². The summed E-state index contributed by atoms with van der Waals surface area (Å²) in [6.45, 7) is 2.18. The molecule has 1 aliphatic carbocycles. The Labute approximate surface area is 181 Å². The maximum atomic E-state index is 13.2. The van der Waals surface area contributed by atoms with Gasteiger partial charge in [-0.3, -0.25) is 15.0 Å². The van der Waals surface area contributed by atoms with Crippen LogP contribution in [0.4, 0.5) is 10.6 Å². The molecule has 2 fully saturated rings. The first-order chi connectivity index (χ1) is 15.1. The molecule has 3 amide bonds. The quantitative estimate of drug-likeness (QED) is 0.636. The highest BCUT2D eigenvalue weighted by Gasteiger charge is 2.43. The van der Waals surface area contributed by atoms with E-state index in [1.54, 1.807) is 30.3 Å². The molecule has 0 spiro atoms. The Bertz CT molecular complexity index is 913. The van der Waals surface area contributed by atoms with Gasteiger partial charge in [0.1, 0.15) is 17.7 Å². The van der Waals surface area contributed by atoms with Crippen molar-refractivity contribution in [2.24, 2.45) is 5.92 Å². The summed E-state index contributed by atoms with van der Waals surface area (Å²) in [4.78, 5) is 34.4. The standard InChI is InChI=1S/C22H28N6O3/c1-31-13-17(14-5-6-14)25-21(29)16-7-8-18-20(24-16)28(15-9-11-27(18)12-15)22(30)26-19-4-2-3-10-23-19/h2-4,7-8,10,14-17,24H,5-6,9,11-13H2,1H3,(H,25,29)(H,23,26,30)/t15-,16?,17?/m0/s1. The fraction of sp³-hybridized carbons (Fsp3) is 0.500. The molecule has 9 heteroatoms. The Morgan fingerprint density at radius 1 is 1.32 bits per heavy atom. The summed E-state index contributed by atoms with van der Waals surface area (Å²) in [5.41, 5.74) is 0.949. The number of nitrogens with one attached hydrogen (secondary N) is 3. The second kappa shape index (κ2) is 8.22. The average Bonchev–Trinajstić information content (AvgIpc) is 3.55. The largest absolute Gasteiger partial charge is 0.383 e. The van der Waals surface area contributed by atoms with Gasteiger partial charge in [-0.25, -0.2) is 9.78 Å². The molecule has 5 rings (SSSR count). The van der Waals surface area contributed by atoms with Gasteiger partial charge in [0.15, 0.2) is 0 Å². The molecule has 1 saturated heterocycles. The Morgan fingerprint density at radius 2 is 2.19 bits per heavy atom. The van der Waals surface area contributed by atoms with Crippen molar-refractivity contribution in [3.05, 3.63) is 48.1 Å². The van der Waals surface area contributed by atoms with Crippen LogP contribution in [0.3, 0.4) is 0 Å². The summed E-state index contributed by atoms with van der Waals surface area (Å²) in [5.74, 6) is 1.57. The predicted octanol–water partition coefficient (Wildman–Crippen LogP) is 1.24. The maximum absolute atomic E-state index is 13.2. The number of urea groups is 1. The maximum Gasteiger partial charge on any atom is 0.328 e. The van der Waals surface area contributed by atoms with Crippen LogP contribution >= 0.6 is 0 Å². The minimum absolute atomic E-state index is 0.0259. The summed E-state index contributed by atoms with van der Waals surface area (Å²) in [6, 6.07) is 4.70. The zero-order chi connectivity index (χ0) is 21.4. The number of fused-ring (bicyclic) bond motifs is 3. The highest BCUT2D eigenvalue weighted by molar-refractivity contribution is 5.91. The number of allylic oxidation sites excluding steroid dienone is 1. The van der Waals surface area contributed by atoms with Crippen molar-refractivity contribution < 1.29 is 14.3 Å². The van der Waals surface area contributed by atoms with Crippen molar-refractivity contribution in [2.45, 2.75) is 37.4 Å². The summed E-state index contributed by atoms with van der Waals surface area (Å²) in [7, 11) is 1.65. The van der Waals surface area contributed by atoms with Gasteiger partial charge in [0.2, 0.25) is 5.91 Å². The third-order valence-electron chi connectivity index (χ3n) is 6.36. The molecular weight excluding hydrogens is 396 g/mol. The smallest absolute Gasteiger partial charge is 0.328 e. The summed E-state index contributed by atoms with van der Waals surface area (Å²) < 4.78 is 5.28. The number of methoxy groups -OCH3 is 1. The van der Waals surface area contributed by atoms with Gasteiger partial charge < -0.3 is 20.3 Å². The molecule has 164 valence electrons. The van der Waals surface area contributed by atoms with Gasteiger partial charge in [0.25, 0.3) is 0 Å². The van der Waals surface area contributed by atoms with E-state index in [1.807, 2.05) is 18.2 Å². The van der Waals surface area contributed by atoms with E-state index in [2.05, 4.69) is 25.8 Å². The van der Waals surface area contributed by atoms with Crippen LogP contribution in [-0.4, -0.2) is 71.7 Å². The van der Waals surface area contributed by atoms with Crippen LogP contribution in [0.25, 0.3) is 0 Å². The molecule has 31 heavy (non-hydrogen) atoms. The van der Waals surface area contributed by atoms with Crippen LogP contribution in [0.15, 0.2) is 48.1 Å². The molecule has 3 atom stereocenters. The number of rotatable bonds is 6. The van der Waals surface area contributed by atoms with E-state index in [4.69, 9.17) is 4.74 Å². The Hall–Kier alpha value is -3.07. The molecule has 4 heterocycles. The van der Waals surface area contributed by atoms with Crippen LogP contribution in [0.2, 0.25) is 0 Å². The van der Waals surface area contributed by atoms with E-state index >= 15 is 0 Å². The summed E-state index contributed by atoms with van der Waals surface area (Å²) >= 11 is 0. The third-order valence-corrected chi connectivity index (χ3v) is 6.36. The predicted molar refractivity (Wildman–Crippen MR) is 115 cm³/mol. The molecule has 1 aromatic heterocycles. The number of hydrogen-bond acceptors (Lipinski definition) is 6. The number of aromatic nitrogens is 1. The number of pyridine rings is 1. The minimum Gasteiger partial charge on any atom is -0.383 e. The van der Waals surface area contributed by atoms with Gasteiger partial charge >= 0.3 is 6.03 Å². The van der Waals surface area contributed by atoms with Gasteiger partial charge in [-0.15, -0.1) is 0 Å². The van der Waals surface area contributed by atoms with Crippen molar-refractivity contribution in [1.82, 2.24) is 25.4 Å². The first-order valence-electron chi connectivity index (χ1n) is 10.9. The Kier molecular flexibility index (Phi) is 5.27. The van der Waals surface area contributed by atoms with Crippen molar-refractivity contribution in [3.8, 4) is 0 Å². The lowest BCUT2D eigenvalue weighted by Gasteiger charge is -2.41. The molecule has 2 unspecified atom stereocenters. The van der Waals surface area contributed by atoms with Crippen LogP contribution in [0.1, 0.15) is 19.3 Å². The molecule has 1 aromatic rings. The van der Waals surface area contributed by atoms with E-state index in [0.29, 0.717) is 24.2 Å². The molecule has 3 N–H and O–H groups in total. The number of carbonyl (C=O) groups is 2. The monoisotopic (exact) mass is 424 g/mol. The second-order valence-corrected chi connectivity index (χ2v) is 8.53. The molecule has 2 bridgehead atoms. The highest BCUT2D eigenvalue weighted by Crippen LogP contribution is 2.34. The number of carbonyl (C=O) groups excluding carboxylic acids is 2. The summed E-state index contributed by atoms with van der Waals surface area (Å²) in [6.07, 6.45) is 8.60. The lowest BCUT2D eigenvalue weighted by molar-refractivity contribution is -0.123. The van der Waals surface area contributed by atoms with Gasteiger partial charge in [-0.2, -0.15) is 0 Å². The Morgan fingerprint density at radius 3 is 2.94 bits per heavy atom. The van der Waals surface area contributed by atoms with Crippen LogP contribution in [-0.2, 0) is 9.53 Å². The second-order valence-electron chi connectivity index (χ2n) is 8.53. The normalized spacial score (nSPS) is 25.1. The van der Waals surface area contributed by atoms with Crippen molar-refractivity contribution in [2.75, 3.05) is 32.1 Å². The third kappa shape index (κ3) is 3.97. The summed E-state index contributed by atoms with van der Waals surface area (Å²) in [5, 5.41) is 9.33. The fourth-order valence-corrected chi connectivity index (χ4v) is 4.61. The number of nitrogens with zero attached hydrogens (tertiary/aromatic N) is 3. The number of ether oxygens (including phenoxy) is 1. The number of amides is 3. The van der Waals surface area contributed by atoms with E-state index in [9.17, 15) is 9.59 Å². The zero-order valence-corrected chi connectivity index (χ0v) is 17.6. The molecular formula is C22H28N6O3. The SMILES string of the molecule is COCC(NC(=O)C1C=CC2=C(N1)N(C(=O)Nc1ccccn1)[C@H]1CCN2C1)C1CC1. The van der Waals surface area contributed by atoms with Crippen LogP contribution in [0.5, 0.6) is 0 Å². The first kappa shape index (κ1) is 19.9. The molecule has 0 radical (unpaired) electrons. The minimum atomic E-state index is -0.541. The van der Waals surface area contributed by atoms with E-state index in [-0.39, 0.29) is 24.0 Å². The van der Waals surface area contributed by atoms with Crippen molar-refractivity contribution >= 4 is 17.8 Å². The van der Waals surface area contributed by atoms with Crippen LogP contribution in [0, 0.1) is 5.92 Å². The number of dihydropyridines is 1. The first-order valence-corrected chi connectivity index (χ1v) is 10.9. The van der Waals surface area contributed by atoms with Gasteiger partial charge in [-0.1, -0.05) is 12.1 Å². The zero-order valence-electron chi connectivity index (χ0n) is 17.6. The number of hydrogen-bond donors (Lipinski definition) is 3. The Balaban J connectivity index is 1.33. The lowest BCUT2D eigenvalue weighted by atomic mass is 10.1. The van der Waals surface area contributed by atoms with Crippen molar-refractivity contribution in [1.29, 1.82) is 0 Å². The lowest BCUT2D eigenvalue weighted by Crippen LogP contribution is -2.57. The molecule has 4 aliphatic rings. The van der Waals surface area contributed by atoms with Gasteiger partial charge in [0.05, 0.1) is 24.4 Å². The molecule has 1 saturated carbocycles. The van der Waals surface area contributed by atoms with E-state index < -0.39 is 6.04 Å². The van der Waals surface area contributed by atoms with E-state index in [0.717, 1.165) is 38.0 Å². The average molecular weight is 425 g/mol.